The van der Waals surface area contributed by atoms with Crippen LogP contribution < -0.4 is 4.74 Å². The van der Waals surface area contributed by atoms with E-state index in [9.17, 15) is 4.79 Å². The standard InChI is InChI=1S/C19H15N3O2S/c1-24-14-6-4-13(5-7-14)18-16(22-11-12-25-19(22)21-18)8-9-17(23)15-3-2-10-20-15/h2-12,20H,1H3. The summed E-state index contributed by atoms with van der Waals surface area (Å²) in [5.74, 6) is 0.722. The smallest absolute Gasteiger partial charge is 0.202 e. The van der Waals surface area contributed by atoms with Gasteiger partial charge in [-0.1, -0.05) is 0 Å². The Morgan fingerprint density at radius 1 is 1.28 bits per heavy atom. The van der Waals surface area contributed by atoms with Gasteiger partial charge in [-0.05, 0) is 48.6 Å². The zero-order valence-corrected chi connectivity index (χ0v) is 14.3. The van der Waals surface area contributed by atoms with Crippen LogP contribution in [0.3, 0.4) is 0 Å². The van der Waals surface area contributed by atoms with E-state index < -0.39 is 0 Å². The largest absolute Gasteiger partial charge is 0.497 e. The molecule has 0 spiro atoms. The Morgan fingerprint density at radius 3 is 2.84 bits per heavy atom. The van der Waals surface area contributed by atoms with Gasteiger partial charge in [-0.3, -0.25) is 9.20 Å². The Kier molecular flexibility index (Phi) is 3.95. The number of fused-ring (bicyclic) bond motifs is 1. The molecule has 0 amide bonds. The highest BCUT2D eigenvalue weighted by Crippen LogP contribution is 2.29. The van der Waals surface area contributed by atoms with Crippen molar-refractivity contribution in [1.29, 1.82) is 0 Å². The van der Waals surface area contributed by atoms with E-state index >= 15 is 0 Å². The molecule has 0 atom stereocenters. The van der Waals surface area contributed by atoms with Crippen molar-refractivity contribution in [1.82, 2.24) is 14.4 Å². The number of ketones is 1. The van der Waals surface area contributed by atoms with Crippen molar-refractivity contribution in [2.24, 2.45) is 0 Å². The number of methoxy groups -OCH3 is 1. The van der Waals surface area contributed by atoms with Crippen LogP contribution in [0.25, 0.3) is 22.3 Å². The third kappa shape index (κ3) is 2.88. The monoisotopic (exact) mass is 349 g/mol. The SMILES string of the molecule is COc1ccc(-c2nc3sccn3c2C=CC(=O)c2ccc[nH]2)cc1. The van der Waals surface area contributed by atoms with Crippen molar-refractivity contribution in [2.75, 3.05) is 7.11 Å². The normalized spacial score (nSPS) is 11.4. The molecular formula is C19H15N3O2S. The summed E-state index contributed by atoms with van der Waals surface area (Å²) in [6, 6.07) is 11.3. The van der Waals surface area contributed by atoms with Crippen LogP contribution in [0, 0.1) is 0 Å². The highest BCUT2D eigenvalue weighted by Gasteiger charge is 2.13. The molecule has 0 aliphatic carbocycles. The summed E-state index contributed by atoms with van der Waals surface area (Å²) in [6.45, 7) is 0. The number of hydrogen-bond donors (Lipinski definition) is 1. The van der Waals surface area contributed by atoms with Crippen LogP contribution in [-0.4, -0.2) is 27.3 Å². The molecule has 4 aromatic rings. The number of aromatic nitrogens is 3. The van der Waals surface area contributed by atoms with Gasteiger partial charge in [0.15, 0.2) is 4.96 Å². The number of carbonyl (C=O) groups excluding carboxylic acids is 1. The molecule has 3 heterocycles. The molecule has 6 heteroatoms. The lowest BCUT2D eigenvalue weighted by Crippen LogP contribution is -1.94. The van der Waals surface area contributed by atoms with E-state index in [2.05, 4.69) is 4.98 Å². The third-order valence-electron chi connectivity index (χ3n) is 3.92. The lowest BCUT2D eigenvalue weighted by atomic mass is 10.1. The van der Waals surface area contributed by atoms with Crippen molar-refractivity contribution in [3.8, 4) is 17.0 Å². The minimum Gasteiger partial charge on any atom is -0.497 e. The minimum atomic E-state index is -0.0733. The Bertz CT molecular complexity index is 1040. The minimum absolute atomic E-state index is 0.0733. The van der Waals surface area contributed by atoms with Crippen LogP contribution in [0.1, 0.15) is 16.2 Å². The quantitative estimate of drug-likeness (QED) is 0.432. The first-order chi connectivity index (χ1) is 12.3. The van der Waals surface area contributed by atoms with E-state index in [1.54, 1.807) is 42.9 Å². The summed E-state index contributed by atoms with van der Waals surface area (Å²) in [5.41, 5.74) is 3.25. The molecule has 124 valence electrons. The summed E-state index contributed by atoms with van der Waals surface area (Å²) >= 11 is 1.56. The zero-order chi connectivity index (χ0) is 17.2. The summed E-state index contributed by atoms with van der Waals surface area (Å²) in [7, 11) is 1.64. The lowest BCUT2D eigenvalue weighted by Gasteiger charge is -2.02. The number of aromatic amines is 1. The Hall–Kier alpha value is -3.12. The van der Waals surface area contributed by atoms with Crippen molar-refractivity contribution >= 4 is 28.2 Å². The Morgan fingerprint density at radius 2 is 2.12 bits per heavy atom. The maximum Gasteiger partial charge on any atom is 0.202 e. The van der Waals surface area contributed by atoms with Gasteiger partial charge >= 0.3 is 0 Å². The second-order valence-electron chi connectivity index (χ2n) is 5.41. The van der Waals surface area contributed by atoms with Crippen molar-refractivity contribution < 1.29 is 9.53 Å². The van der Waals surface area contributed by atoms with Crippen LogP contribution in [0.15, 0.2) is 60.2 Å². The van der Waals surface area contributed by atoms with Gasteiger partial charge in [-0.15, -0.1) is 11.3 Å². The molecule has 25 heavy (non-hydrogen) atoms. The van der Waals surface area contributed by atoms with Crippen LogP contribution in [0.2, 0.25) is 0 Å². The summed E-state index contributed by atoms with van der Waals surface area (Å²) in [6.07, 6.45) is 7.08. The van der Waals surface area contributed by atoms with Gasteiger partial charge in [0.25, 0.3) is 0 Å². The number of allylic oxidation sites excluding steroid dienone is 1. The average molecular weight is 349 g/mol. The number of carbonyl (C=O) groups is 1. The topological polar surface area (TPSA) is 59.4 Å². The first kappa shape index (κ1) is 15.4. The zero-order valence-electron chi connectivity index (χ0n) is 13.5. The lowest BCUT2D eigenvalue weighted by molar-refractivity contribution is 0.104. The van der Waals surface area contributed by atoms with E-state index in [0.29, 0.717) is 5.69 Å². The maximum atomic E-state index is 12.2. The predicted octanol–water partition coefficient (Wildman–Crippen LogP) is 4.30. The number of ether oxygens (including phenoxy) is 1. The summed E-state index contributed by atoms with van der Waals surface area (Å²) in [5, 5.41) is 1.98. The molecule has 0 saturated heterocycles. The van der Waals surface area contributed by atoms with Gasteiger partial charge in [0, 0.05) is 23.3 Å². The second kappa shape index (κ2) is 6.41. The second-order valence-corrected chi connectivity index (χ2v) is 6.28. The fourth-order valence-corrected chi connectivity index (χ4v) is 3.37. The number of nitrogens with one attached hydrogen (secondary N) is 1. The van der Waals surface area contributed by atoms with Gasteiger partial charge in [0.2, 0.25) is 5.78 Å². The average Bonchev–Trinajstić information content (AvgIpc) is 3.37. The molecular weight excluding hydrogens is 334 g/mol. The Balaban J connectivity index is 1.76. The number of H-pyrrole nitrogens is 1. The van der Waals surface area contributed by atoms with Gasteiger partial charge < -0.3 is 9.72 Å². The number of nitrogens with zero attached hydrogens (tertiary/aromatic N) is 2. The van der Waals surface area contributed by atoms with Crippen molar-refractivity contribution in [3.63, 3.8) is 0 Å². The predicted molar refractivity (Wildman–Crippen MR) is 99.2 cm³/mol. The maximum absolute atomic E-state index is 12.2. The highest BCUT2D eigenvalue weighted by atomic mass is 32.1. The molecule has 1 N–H and O–H groups in total. The molecule has 0 fully saturated rings. The van der Waals surface area contributed by atoms with Gasteiger partial charge in [0.1, 0.15) is 5.75 Å². The van der Waals surface area contributed by atoms with Crippen LogP contribution >= 0.6 is 11.3 Å². The number of benzene rings is 1. The van der Waals surface area contributed by atoms with E-state index in [1.807, 2.05) is 46.3 Å². The summed E-state index contributed by atoms with van der Waals surface area (Å²) < 4.78 is 7.20. The fourth-order valence-electron chi connectivity index (χ4n) is 2.65. The number of rotatable bonds is 5. The third-order valence-corrected chi connectivity index (χ3v) is 4.68. The molecule has 5 nitrogen and oxygen atoms in total. The molecule has 0 bridgehead atoms. The molecule has 0 aliphatic rings. The van der Waals surface area contributed by atoms with Crippen molar-refractivity contribution in [3.05, 3.63) is 71.6 Å². The van der Waals surface area contributed by atoms with Gasteiger partial charge in [-0.25, -0.2) is 4.98 Å². The van der Waals surface area contributed by atoms with Gasteiger partial charge in [-0.2, -0.15) is 0 Å². The first-order valence-corrected chi connectivity index (χ1v) is 8.60. The van der Waals surface area contributed by atoms with E-state index in [-0.39, 0.29) is 5.78 Å². The van der Waals surface area contributed by atoms with E-state index in [4.69, 9.17) is 9.72 Å². The molecule has 0 unspecified atom stereocenters. The molecule has 0 aliphatic heterocycles. The molecule has 0 radical (unpaired) electrons. The fraction of sp³-hybridized carbons (Fsp3) is 0.0526. The highest BCUT2D eigenvalue weighted by molar-refractivity contribution is 7.15. The molecule has 0 saturated carbocycles. The number of thiazole rings is 1. The molecule has 1 aromatic carbocycles. The van der Waals surface area contributed by atoms with E-state index in [0.717, 1.165) is 27.7 Å². The summed E-state index contributed by atoms with van der Waals surface area (Å²) in [4.78, 5) is 20.8. The van der Waals surface area contributed by atoms with Crippen molar-refractivity contribution in [2.45, 2.75) is 0 Å². The first-order valence-electron chi connectivity index (χ1n) is 7.72. The van der Waals surface area contributed by atoms with Crippen LogP contribution in [0.5, 0.6) is 5.75 Å². The molecule has 3 aromatic heterocycles. The number of hydrogen-bond acceptors (Lipinski definition) is 4. The molecule has 4 rings (SSSR count). The van der Waals surface area contributed by atoms with E-state index in [1.165, 1.54) is 0 Å². The Labute approximate surface area is 148 Å². The number of imidazole rings is 1. The van der Waals surface area contributed by atoms with Crippen LogP contribution in [0.4, 0.5) is 0 Å². The van der Waals surface area contributed by atoms with Crippen LogP contribution in [-0.2, 0) is 0 Å². The van der Waals surface area contributed by atoms with Gasteiger partial charge in [0.05, 0.1) is 24.2 Å².